The maximum Gasteiger partial charge on any atom is 0.0862 e. The van der Waals surface area contributed by atoms with Gasteiger partial charge in [-0.2, -0.15) is 0 Å². The van der Waals surface area contributed by atoms with Crippen LogP contribution in [0, 0.1) is 0 Å². The first-order valence-corrected chi connectivity index (χ1v) is 5.37. The molecule has 2 heterocycles. The number of fused-ring (bicyclic) bond motifs is 1. The summed E-state index contributed by atoms with van der Waals surface area (Å²) in [5.74, 6) is 0. The average molecular weight is 202 g/mol. The molecular weight excluding hydrogens is 184 g/mol. The summed E-state index contributed by atoms with van der Waals surface area (Å²) < 4.78 is 11.2. The van der Waals surface area contributed by atoms with Crippen LogP contribution in [-0.2, 0) is 9.47 Å². The summed E-state index contributed by atoms with van der Waals surface area (Å²) in [4.78, 5) is 0. The van der Waals surface area contributed by atoms with Crippen LogP contribution in [0.15, 0.2) is 0 Å². The van der Waals surface area contributed by atoms with E-state index >= 15 is 0 Å². The Labute approximate surface area is 83.8 Å². The zero-order valence-electron chi connectivity index (χ0n) is 8.26. The third-order valence-corrected chi connectivity index (χ3v) is 3.05. The summed E-state index contributed by atoms with van der Waals surface area (Å²) in [6.45, 7) is 0.849. The Morgan fingerprint density at radius 3 is 2.93 bits per heavy atom. The number of aliphatic hydroxyl groups is 2. The summed E-state index contributed by atoms with van der Waals surface area (Å²) in [5.41, 5.74) is 0. The van der Waals surface area contributed by atoms with Gasteiger partial charge in [-0.05, 0) is 19.3 Å². The van der Waals surface area contributed by atoms with Crippen molar-refractivity contribution < 1.29 is 19.7 Å². The van der Waals surface area contributed by atoms with Gasteiger partial charge in [0.2, 0.25) is 0 Å². The molecule has 0 amide bonds. The van der Waals surface area contributed by atoms with Crippen molar-refractivity contribution in [3.8, 4) is 0 Å². The molecule has 4 atom stereocenters. The van der Waals surface area contributed by atoms with Crippen LogP contribution in [0.5, 0.6) is 0 Å². The molecule has 2 N–H and O–H groups in total. The molecule has 2 rings (SSSR count). The molecular formula is C10H18O4. The van der Waals surface area contributed by atoms with Crippen LogP contribution in [0.25, 0.3) is 0 Å². The van der Waals surface area contributed by atoms with Gasteiger partial charge in [0, 0.05) is 19.6 Å². The SMILES string of the molecule is OCC[C@@H]1O[C@@H]2CCCO[C@@H]2C[C@H]1O. The Kier molecular flexibility index (Phi) is 3.38. The first-order chi connectivity index (χ1) is 6.81. The molecule has 2 aliphatic rings. The molecule has 2 fully saturated rings. The molecule has 2 saturated heterocycles. The molecule has 82 valence electrons. The fourth-order valence-corrected chi connectivity index (χ4v) is 2.28. The monoisotopic (exact) mass is 202 g/mol. The van der Waals surface area contributed by atoms with Crippen molar-refractivity contribution in [3.63, 3.8) is 0 Å². The molecule has 4 heteroatoms. The van der Waals surface area contributed by atoms with E-state index in [2.05, 4.69) is 0 Å². The Hall–Kier alpha value is -0.160. The quantitative estimate of drug-likeness (QED) is 0.665. The second kappa shape index (κ2) is 4.57. The van der Waals surface area contributed by atoms with Crippen LogP contribution in [0.1, 0.15) is 25.7 Å². The standard InChI is InChI=1S/C10H18O4/c11-4-3-8-7(12)6-10-9(14-8)2-1-5-13-10/h7-12H,1-6H2/t7-,8+,9-,10-/m1/s1. The zero-order chi connectivity index (χ0) is 9.97. The molecule has 0 spiro atoms. The molecule has 0 aliphatic carbocycles. The van der Waals surface area contributed by atoms with Crippen LogP contribution in [0.3, 0.4) is 0 Å². The highest BCUT2D eigenvalue weighted by Gasteiger charge is 2.38. The number of hydrogen-bond acceptors (Lipinski definition) is 4. The average Bonchev–Trinajstić information content (AvgIpc) is 2.19. The highest BCUT2D eigenvalue weighted by molar-refractivity contribution is 4.87. The van der Waals surface area contributed by atoms with E-state index in [1.807, 2.05) is 0 Å². The normalized spacial score (nSPS) is 43.3. The third-order valence-electron chi connectivity index (χ3n) is 3.05. The summed E-state index contributed by atoms with van der Waals surface area (Å²) >= 11 is 0. The van der Waals surface area contributed by atoms with Gasteiger partial charge in [-0.15, -0.1) is 0 Å². The van der Waals surface area contributed by atoms with Crippen molar-refractivity contribution in [1.82, 2.24) is 0 Å². The Morgan fingerprint density at radius 2 is 2.14 bits per heavy atom. The van der Waals surface area contributed by atoms with Gasteiger partial charge in [0.15, 0.2) is 0 Å². The largest absolute Gasteiger partial charge is 0.396 e. The third kappa shape index (κ3) is 2.08. The van der Waals surface area contributed by atoms with Gasteiger partial charge in [-0.3, -0.25) is 0 Å². The van der Waals surface area contributed by atoms with E-state index in [-0.39, 0.29) is 24.9 Å². The van der Waals surface area contributed by atoms with Gasteiger partial charge in [0.25, 0.3) is 0 Å². The van der Waals surface area contributed by atoms with E-state index in [1.165, 1.54) is 0 Å². The van der Waals surface area contributed by atoms with Crippen molar-refractivity contribution in [2.24, 2.45) is 0 Å². The maximum absolute atomic E-state index is 9.72. The molecule has 0 aromatic rings. The van der Waals surface area contributed by atoms with E-state index in [0.717, 1.165) is 19.4 Å². The number of ether oxygens (including phenoxy) is 2. The lowest BCUT2D eigenvalue weighted by Crippen LogP contribution is -2.50. The van der Waals surface area contributed by atoms with Crippen molar-refractivity contribution >= 4 is 0 Å². The summed E-state index contributed by atoms with van der Waals surface area (Å²) in [7, 11) is 0. The van der Waals surface area contributed by atoms with Crippen LogP contribution in [-0.4, -0.2) is 47.8 Å². The summed E-state index contributed by atoms with van der Waals surface area (Å²) in [6, 6.07) is 0. The van der Waals surface area contributed by atoms with Gasteiger partial charge >= 0.3 is 0 Å². The lowest BCUT2D eigenvalue weighted by atomic mass is 9.93. The van der Waals surface area contributed by atoms with Gasteiger partial charge in [0.05, 0.1) is 24.4 Å². The van der Waals surface area contributed by atoms with E-state index < -0.39 is 6.10 Å². The molecule has 0 aromatic carbocycles. The van der Waals surface area contributed by atoms with E-state index in [4.69, 9.17) is 14.6 Å². The Bertz CT molecular complexity index is 183. The van der Waals surface area contributed by atoms with Crippen LogP contribution < -0.4 is 0 Å². The highest BCUT2D eigenvalue weighted by atomic mass is 16.6. The van der Waals surface area contributed by atoms with Crippen LogP contribution in [0.2, 0.25) is 0 Å². The molecule has 2 aliphatic heterocycles. The maximum atomic E-state index is 9.72. The topological polar surface area (TPSA) is 58.9 Å². The van der Waals surface area contributed by atoms with Crippen LogP contribution >= 0.6 is 0 Å². The van der Waals surface area contributed by atoms with E-state index in [0.29, 0.717) is 12.8 Å². The summed E-state index contributed by atoms with van der Waals surface area (Å²) in [6.07, 6.45) is 2.71. The predicted molar refractivity (Wildman–Crippen MR) is 50.0 cm³/mol. The molecule has 0 unspecified atom stereocenters. The second-order valence-electron chi connectivity index (χ2n) is 4.08. The fraction of sp³-hybridized carbons (Fsp3) is 1.00. The van der Waals surface area contributed by atoms with Crippen molar-refractivity contribution in [3.05, 3.63) is 0 Å². The highest BCUT2D eigenvalue weighted by Crippen LogP contribution is 2.29. The molecule has 0 saturated carbocycles. The Morgan fingerprint density at radius 1 is 1.29 bits per heavy atom. The lowest BCUT2D eigenvalue weighted by molar-refractivity contribution is -0.204. The van der Waals surface area contributed by atoms with Crippen LogP contribution in [0.4, 0.5) is 0 Å². The number of hydrogen-bond donors (Lipinski definition) is 2. The van der Waals surface area contributed by atoms with E-state index in [9.17, 15) is 5.11 Å². The number of rotatable bonds is 2. The minimum Gasteiger partial charge on any atom is -0.396 e. The molecule has 14 heavy (non-hydrogen) atoms. The van der Waals surface area contributed by atoms with Crippen molar-refractivity contribution in [2.75, 3.05) is 13.2 Å². The minimum atomic E-state index is -0.485. The van der Waals surface area contributed by atoms with Crippen molar-refractivity contribution in [1.29, 1.82) is 0 Å². The predicted octanol–water partition coefficient (Wildman–Crippen LogP) is 0.0662. The lowest BCUT2D eigenvalue weighted by Gasteiger charge is -2.41. The van der Waals surface area contributed by atoms with Crippen molar-refractivity contribution in [2.45, 2.75) is 50.1 Å². The smallest absolute Gasteiger partial charge is 0.0862 e. The molecule has 0 bridgehead atoms. The Balaban J connectivity index is 1.92. The molecule has 0 radical (unpaired) electrons. The summed E-state index contributed by atoms with van der Waals surface area (Å²) in [5, 5.41) is 18.5. The first-order valence-electron chi connectivity index (χ1n) is 5.37. The first kappa shape index (κ1) is 10.4. The fourth-order valence-electron chi connectivity index (χ4n) is 2.28. The molecule has 4 nitrogen and oxygen atoms in total. The zero-order valence-corrected chi connectivity index (χ0v) is 8.26. The molecule has 0 aromatic heterocycles. The van der Waals surface area contributed by atoms with Gasteiger partial charge < -0.3 is 19.7 Å². The van der Waals surface area contributed by atoms with E-state index in [1.54, 1.807) is 0 Å². The van der Waals surface area contributed by atoms with Gasteiger partial charge in [0.1, 0.15) is 0 Å². The van der Waals surface area contributed by atoms with Gasteiger partial charge in [-0.1, -0.05) is 0 Å². The van der Waals surface area contributed by atoms with Gasteiger partial charge in [-0.25, -0.2) is 0 Å². The minimum absolute atomic E-state index is 0.0636. The second-order valence-corrected chi connectivity index (χ2v) is 4.08. The number of aliphatic hydroxyl groups excluding tert-OH is 2.